The van der Waals surface area contributed by atoms with Crippen molar-refractivity contribution in [2.45, 2.75) is 38.8 Å². The van der Waals surface area contributed by atoms with Gasteiger partial charge in [0.2, 0.25) is 5.91 Å². The molecule has 0 aromatic carbocycles. The third-order valence-corrected chi connectivity index (χ3v) is 3.51. The predicted octanol–water partition coefficient (Wildman–Crippen LogP) is 2.08. The van der Waals surface area contributed by atoms with Gasteiger partial charge in [0, 0.05) is 17.8 Å². The summed E-state index contributed by atoms with van der Waals surface area (Å²) >= 11 is 1.51. The molecular weight excluding hydrogens is 290 g/mol. The number of rotatable bonds is 5. The summed E-state index contributed by atoms with van der Waals surface area (Å²) in [6.07, 6.45) is 2.82. The van der Waals surface area contributed by atoms with Gasteiger partial charge in [-0.15, -0.1) is 0 Å². The Balaban J connectivity index is 1.98. The Hall–Kier alpha value is -1.96. The van der Waals surface area contributed by atoms with E-state index in [0.717, 1.165) is 22.1 Å². The van der Waals surface area contributed by atoms with Crippen LogP contribution in [-0.4, -0.2) is 32.3 Å². The van der Waals surface area contributed by atoms with Crippen LogP contribution in [0.5, 0.6) is 0 Å². The lowest BCUT2D eigenvalue weighted by atomic mass is 10.1. The van der Waals surface area contributed by atoms with Crippen molar-refractivity contribution in [2.75, 3.05) is 11.6 Å². The van der Waals surface area contributed by atoms with E-state index in [1.807, 2.05) is 20.1 Å². The lowest BCUT2D eigenvalue weighted by molar-refractivity contribution is -0.116. The number of amides is 1. The molecule has 8 heteroatoms. The van der Waals surface area contributed by atoms with E-state index in [2.05, 4.69) is 25.4 Å². The third kappa shape index (κ3) is 4.01. The fourth-order valence-electron chi connectivity index (χ4n) is 1.93. The minimum Gasteiger partial charge on any atom is -0.315 e. The van der Waals surface area contributed by atoms with Crippen molar-refractivity contribution in [2.24, 2.45) is 0 Å². The zero-order valence-electron chi connectivity index (χ0n) is 12.4. The molecule has 0 saturated carbocycles. The van der Waals surface area contributed by atoms with E-state index in [0.29, 0.717) is 18.7 Å². The smallest absolute Gasteiger partial charge is 0.315 e. The van der Waals surface area contributed by atoms with E-state index >= 15 is 0 Å². The first-order valence-electron chi connectivity index (χ1n) is 6.48. The maximum atomic E-state index is 11.9. The van der Waals surface area contributed by atoms with Crippen LogP contribution in [0.4, 0.5) is 6.01 Å². The molecule has 0 saturated heterocycles. The van der Waals surface area contributed by atoms with Gasteiger partial charge in [0.15, 0.2) is 11.0 Å². The molecule has 0 atom stereocenters. The lowest BCUT2D eigenvalue weighted by Gasteiger charge is -2.09. The zero-order chi connectivity index (χ0) is 15.4. The van der Waals surface area contributed by atoms with Gasteiger partial charge in [0.25, 0.3) is 0 Å². The molecule has 21 heavy (non-hydrogen) atoms. The molecule has 2 heterocycles. The highest BCUT2D eigenvalue weighted by Crippen LogP contribution is 2.17. The summed E-state index contributed by atoms with van der Waals surface area (Å²) in [5.74, 6) is 0.310. The van der Waals surface area contributed by atoms with Gasteiger partial charge in [-0.1, -0.05) is 16.9 Å². The molecule has 0 radical (unpaired) electrons. The van der Waals surface area contributed by atoms with Crippen molar-refractivity contribution >= 4 is 23.7 Å². The van der Waals surface area contributed by atoms with Crippen LogP contribution in [0.2, 0.25) is 0 Å². The highest BCUT2D eigenvalue weighted by atomic mass is 32.2. The Morgan fingerprint density at radius 3 is 2.38 bits per heavy atom. The number of aromatic nitrogens is 4. The van der Waals surface area contributed by atoms with Crippen molar-refractivity contribution in [3.8, 4) is 0 Å². The average Bonchev–Trinajstić information content (AvgIpc) is 2.82. The minimum absolute atomic E-state index is 0.125. The topological polar surface area (TPSA) is 93.8 Å². The van der Waals surface area contributed by atoms with Gasteiger partial charge in [-0.3, -0.25) is 10.1 Å². The van der Waals surface area contributed by atoms with Crippen molar-refractivity contribution in [3.05, 3.63) is 22.8 Å². The van der Waals surface area contributed by atoms with Crippen LogP contribution in [0.1, 0.15) is 29.2 Å². The summed E-state index contributed by atoms with van der Waals surface area (Å²) in [6.45, 7) is 5.56. The van der Waals surface area contributed by atoms with Crippen LogP contribution in [0, 0.1) is 20.8 Å². The molecule has 1 amide bonds. The number of anilines is 1. The molecular formula is C13H17N5O2S. The number of nitrogens with zero attached hydrogens (tertiary/aromatic N) is 4. The zero-order valence-corrected chi connectivity index (χ0v) is 13.2. The minimum atomic E-state index is -0.175. The maximum Gasteiger partial charge on any atom is 0.328 e. The van der Waals surface area contributed by atoms with Crippen molar-refractivity contribution in [1.29, 1.82) is 0 Å². The lowest BCUT2D eigenvalue weighted by Crippen LogP contribution is -2.14. The van der Waals surface area contributed by atoms with E-state index in [1.54, 1.807) is 6.92 Å². The van der Waals surface area contributed by atoms with E-state index < -0.39 is 0 Å². The summed E-state index contributed by atoms with van der Waals surface area (Å²) in [4.78, 5) is 24.6. The van der Waals surface area contributed by atoms with Gasteiger partial charge >= 0.3 is 6.01 Å². The molecule has 0 bridgehead atoms. The normalized spacial score (nSPS) is 10.7. The Bertz CT molecular complexity index is 633. The number of carbonyl (C=O) groups is 1. The number of aryl methyl sites for hydroxylation is 3. The third-order valence-electron chi connectivity index (χ3n) is 2.96. The van der Waals surface area contributed by atoms with E-state index in [9.17, 15) is 4.79 Å². The van der Waals surface area contributed by atoms with Crippen LogP contribution < -0.4 is 5.32 Å². The van der Waals surface area contributed by atoms with Crippen LogP contribution in [0.3, 0.4) is 0 Å². The molecule has 112 valence electrons. The largest absolute Gasteiger partial charge is 0.328 e. The number of thioether (sulfide) groups is 1. The summed E-state index contributed by atoms with van der Waals surface area (Å²) in [7, 11) is 0. The predicted molar refractivity (Wildman–Crippen MR) is 79.3 cm³/mol. The quantitative estimate of drug-likeness (QED) is 0.667. The van der Waals surface area contributed by atoms with Crippen LogP contribution in [0.25, 0.3) is 0 Å². The van der Waals surface area contributed by atoms with Crippen LogP contribution >= 0.6 is 11.8 Å². The Kier molecular flexibility index (Phi) is 4.89. The fraction of sp³-hybridized carbons (Fsp3) is 0.462. The average molecular weight is 307 g/mol. The Morgan fingerprint density at radius 1 is 1.19 bits per heavy atom. The molecule has 2 aromatic heterocycles. The second kappa shape index (κ2) is 6.66. The molecule has 0 aliphatic rings. The van der Waals surface area contributed by atoms with Gasteiger partial charge in [-0.25, -0.2) is 9.97 Å². The molecule has 0 aliphatic carbocycles. The van der Waals surface area contributed by atoms with Crippen LogP contribution in [-0.2, 0) is 11.2 Å². The van der Waals surface area contributed by atoms with Crippen molar-refractivity contribution in [1.82, 2.24) is 20.1 Å². The standard InChI is InChI=1S/C13H17N5O2S/c1-7-10(8(2)15-13(14-7)21-4)5-6-11(19)17-12-16-9(3)18-20-12/h5-6H2,1-4H3,(H,16,17,18,19). The summed E-state index contributed by atoms with van der Waals surface area (Å²) < 4.78 is 4.84. The fourth-order valence-corrected chi connectivity index (χ4v) is 2.39. The molecule has 0 aliphatic heterocycles. The second-order valence-corrected chi connectivity index (χ2v) is 5.33. The summed E-state index contributed by atoms with van der Waals surface area (Å²) in [6, 6.07) is 0.125. The number of hydrogen-bond acceptors (Lipinski definition) is 7. The Labute approximate surface area is 127 Å². The molecule has 7 nitrogen and oxygen atoms in total. The summed E-state index contributed by atoms with van der Waals surface area (Å²) in [5, 5.41) is 6.93. The molecule has 2 rings (SSSR count). The SMILES string of the molecule is CSc1nc(C)c(CCC(=O)Nc2nc(C)no2)c(C)n1. The highest BCUT2D eigenvalue weighted by Gasteiger charge is 2.12. The van der Waals surface area contributed by atoms with E-state index in [1.165, 1.54) is 11.8 Å². The summed E-state index contributed by atoms with van der Waals surface area (Å²) in [5.41, 5.74) is 2.83. The van der Waals surface area contributed by atoms with Gasteiger partial charge < -0.3 is 4.52 Å². The second-order valence-electron chi connectivity index (χ2n) is 4.55. The van der Waals surface area contributed by atoms with E-state index in [-0.39, 0.29) is 11.9 Å². The Morgan fingerprint density at radius 2 is 1.86 bits per heavy atom. The van der Waals surface area contributed by atoms with E-state index in [4.69, 9.17) is 4.52 Å². The molecule has 2 aromatic rings. The van der Waals surface area contributed by atoms with Gasteiger partial charge in [-0.2, -0.15) is 4.98 Å². The van der Waals surface area contributed by atoms with Crippen molar-refractivity contribution in [3.63, 3.8) is 0 Å². The number of nitrogens with one attached hydrogen (secondary N) is 1. The van der Waals surface area contributed by atoms with Gasteiger partial charge in [0.05, 0.1) is 0 Å². The number of carbonyl (C=O) groups excluding carboxylic acids is 1. The maximum absolute atomic E-state index is 11.9. The van der Waals surface area contributed by atoms with Crippen LogP contribution in [0.15, 0.2) is 9.68 Å². The first kappa shape index (κ1) is 15.4. The molecule has 1 N–H and O–H groups in total. The first-order valence-corrected chi connectivity index (χ1v) is 7.70. The van der Waals surface area contributed by atoms with Gasteiger partial charge in [0.1, 0.15) is 0 Å². The first-order chi connectivity index (χ1) is 9.99. The van der Waals surface area contributed by atoms with Gasteiger partial charge in [-0.05, 0) is 39.0 Å². The molecule has 0 spiro atoms. The monoisotopic (exact) mass is 307 g/mol. The molecule has 0 unspecified atom stereocenters. The van der Waals surface area contributed by atoms with Crippen molar-refractivity contribution < 1.29 is 9.32 Å². The number of hydrogen-bond donors (Lipinski definition) is 1. The highest BCUT2D eigenvalue weighted by molar-refractivity contribution is 7.98. The molecule has 0 fully saturated rings.